The van der Waals surface area contributed by atoms with Crippen molar-refractivity contribution in [2.75, 3.05) is 18.0 Å². The first-order valence-electron chi connectivity index (χ1n) is 10.4. The third kappa shape index (κ3) is 5.53. The molecule has 6 nitrogen and oxygen atoms in total. The van der Waals surface area contributed by atoms with Gasteiger partial charge >= 0.3 is 5.97 Å². The minimum atomic E-state index is -1.28. The molecule has 3 rings (SSSR count). The average molecular weight is 411 g/mol. The van der Waals surface area contributed by atoms with Crippen LogP contribution in [-0.2, 0) is 11.2 Å². The van der Waals surface area contributed by atoms with Gasteiger partial charge in [0.05, 0.1) is 0 Å². The summed E-state index contributed by atoms with van der Waals surface area (Å²) in [5.74, 6) is 0.131. The molecule has 0 aliphatic heterocycles. The van der Waals surface area contributed by atoms with Crippen LogP contribution in [0, 0.1) is 5.92 Å². The van der Waals surface area contributed by atoms with E-state index in [0.717, 1.165) is 42.6 Å². The van der Waals surface area contributed by atoms with Crippen molar-refractivity contribution in [3.05, 3.63) is 54.1 Å². The number of benzene rings is 2. The maximum Gasteiger partial charge on any atom is 0.347 e. The second-order valence-corrected chi connectivity index (χ2v) is 8.45. The number of rotatable bonds is 10. The monoisotopic (exact) mass is 410 g/mol. The molecule has 0 atom stereocenters. The van der Waals surface area contributed by atoms with Crippen molar-refractivity contribution in [3.63, 3.8) is 0 Å². The normalized spacial score (nSPS) is 11.8. The van der Waals surface area contributed by atoms with Gasteiger partial charge in [0.1, 0.15) is 11.3 Å². The van der Waals surface area contributed by atoms with Crippen LogP contribution in [0.25, 0.3) is 11.1 Å². The molecule has 6 heteroatoms. The van der Waals surface area contributed by atoms with E-state index in [-0.39, 0.29) is 0 Å². The number of hydrogen-bond donors (Lipinski definition) is 1. The number of aromatic nitrogens is 1. The highest BCUT2D eigenvalue weighted by atomic mass is 16.5. The second kappa shape index (κ2) is 9.20. The minimum absolute atomic E-state index is 0.551. The van der Waals surface area contributed by atoms with Gasteiger partial charge in [-0.1, -0.05) is 38.1 Å². The van der Waals surface area contributed by atoms with Crippen LogP contribution >= 0.6 is 0 Å². The first kappa shape index (κ1) is 21.7. The summed E-state index contributed by atoms with van der Waals surface area (Å²) in [5.41, 5.74) is 1.43. The number of carboxylic acid groups (broad SMARTS) is 1. The summed E-state index contributed by atoms with van der Waals surface area (Å²) in [5, 5.41) is 9.29. The molecule has 0 aliphatic carbocycles. The first-order valence-corrected chi connectivity index (χ1v) is 10.4. The van der Waals surface area contributed by atoms with E-state index < -0.39 is 11.6 Å². The van der Waals surface area contributed by atoms with Gasteiger partial charge in [0.15, 0.2) is 11.2 Å². The summed E-state index contributed by atoms with van der Waals surface area (Å²) in [6, 6.07) is 16.0. The smallest absolute Gasteiger partial charge is 0.347 e. The van der Waals surface area contributed by atoms with Crippen LogP contribution in [0.15, 0.2) is 52.9 Å². The number of nitrogens with zero attached hydrogens (tertiary/aromatic N) is 2. The highest BCUT2D eigenvalue weighted by Crippen LogP contribution is 2.24. The predicted molar refractivity (Wildman–Crippen MR) is 118 cm³/mol. The Balaban J connectivity index is 1.74. The Hall–Kier alpha value is -3.02. The van der Waals surface area contributed by atoms with Crippen LogP contribution in [0.1, 0.15) is 39.7 Å². The molecule has 0 unspecified atom stereocenters. The lowest BCUT2D eigenvalue weighted by atomic mass is 10.1. The summed E-state index contributed by atoms with van der Waals surface area (Å²) in [6.07, 6.45) is 1.80. The number of fused-ring (bicyclic) bond motifs is 1. The zero-order valence-electron chi connectivity index (χ0n) is 18.1. The molecule has 3 aromatic rings. The molecule has 0 radical (unpaired) electrons. The quantitative estimate of drug-likeness (QED) is 0.497. The Morgan fingerprint density at radius 3 is 2.63 bits per heavy atom. The Labute approximate surface area is 177 Å². The van der Waals surface area contributed by atoms with E-state index in [2.05, 4.69) is 23.7 Å². The predicted octanol–water partition coefficient (Wildman–Crippen LogP) is 5.17. The first-order chi connectivity index (χ1) is 14.2. The number of carboxylic acids is 1. The summed E-state index contributed by atoms with van der Waals surface area (Å²) >= 11 is 0. The fourth-order valence-corrected chi connectivity index (χ4v) is 3.08. The van der Waals surface area contributed by atoms with Gasteiger partial charge in [-0.3, -0.25) is 0 Å². The number of para-hydroxylation sites is 2. The Bertz CT molecular complexity index is 961. The maximum atomic E-state index is 11.3. The van der Waals surface area contributed by atoms with E-state index >= 15 is 0 Å². The topological polar surface area (TPSA) is 75.8 Å². The van der Waals surface area contributed by atoms with Crippen molar-refractivity contribution >= 4 is 23.1 Å². The zero-order chi connectivity index (χ0) is 21.7. The molecule has 1 heterocycles. The van der Waals surface area contributed by atoms with Crippen LogP contribution in [0.3, 0.4) is 0 Å². The fraction of sp³-hybridized carbons (Fsp3) is 0.417. The molecule has 0 saturated heterocycles. The van der Waals surface area contributed by atoms with Crippen LogP contribution in [-0.4, -0.2) is 34.8 Å². The Morgan fingerprint density at radius 1 is 1.17 bits per heavy atom. The third-order valence-electron chi connectivity index (χ3n) is 4.99. The summed E-state index contributed by atoms with van der Waals surface area (Å²) in [7, 11) is 0. The van der Waals surface area contributed by atoms with Gasteiger partial charge in [0, 0.05) is 13.1 Å². The van der Waals surface area contributed by atoms with E-state index in [1.165, 1.54) is 0 Å². The third-order valence-corrected chi connectivity index (χ3v) is 4.99. The van der Waals surface area contributed by atoms with E-state index in [0.29, 0.717) is 17.7 Å². The summed E-state index contributed by atoms with van der Waals surface area (Å²) in [6.45, 7) is 9.09. The van der Waals surface area contributed by atoms with Gasteiger partial charge in [-0.25, -0.2) is 4.79 Å². The van der Waals surface area contributed by atoms with E-state index in [1.54, 1.807) is 19.9 Å². The molecule has 0 spiro atoms. The standard InChI is InChI=1S/C24H30N2O4/c1-17(2)12-14-26(23-25-20-10-5-6-11-21(20)29-23)15-13-18-8-7-9-19(16-18)30-24(3,4)22(27)28/h5-11,16-17H,12-15H2,1-4H3,(H,27,28). The van der Waals surface area contributed by atoms with Gasteiger partial charge in [-0.2, -0.15) is 4.98 Å². The Kier molecular flexibility index (Phi) is 6.65. The molecule has 0 saturated carbocycles. The molecule has 0 amide bonds. The maximum absolute atomic E-state index is 11.3. The van der Waals surface area contributed by atoms with Crippen molar-refractivity contribution in [2.45, 2.75) is 46.1 Å². The molecule has 1 aromatic heterocycles. The summed E-state index contributed by atoms with van der Waals surface area (Å²) in [4.78, 5) is 18.2. The second-order valence-electron chi connectivity index (χ2n) is 8.45. The van der Waals surface area contributed by atoms with Crippen molar-refractivity contribution in [2.24, 2.45) is 5.92 Å². The number of oxazole rings is 1. The minimum Gasteiger partial charge on any atom is -0.478 e. The lowest BCUT2D eigenvalue weighted by molar-refractivity contribution is -0.152. The molecule has 0 aliphatic rings. The number of aliphatic carboxylic acids is 1. The van der Waals surface area contributed by atoms with Crippen molar-refractivity contribution < 1.29 is 19.1 Å². The van der Waals surface area contributed by atoms with E-state index in [9.17, 15) is 9.90 Å². The SMILES string of the molecule is CC(C)CCN(CCc1cccc(OC(C)(C)C(=O)O)c1)c1nc2ccccc2o1. The van der Waals surface area contributed by atoms with Crippen molar-refractivity contribution in [1.82, 2.24) is 4.98 Å². The molecular formula is C24H30N2O4. The van der Waals surface area contributed by atoms with E-state index in [4.69, 9.17) is 9.15 Å². The van der Waals surface area contributed by atoms with Crippen LogP contribution in [0.2, 0.25) is 0 Å². The van der Waals surface area contributed by atoms with Gasteiger partial charge in [0.25, 0.3) is 6.01 Å². The highest BCUT2D eigenvalue weighted by Gasteiger charge is 2.29. The zero-order valence-corrected chi connectivity index (χ0v) is 18.1. The number of anilines is 1. The molecule has 1 N–H and O–H groups in total. The van der Waals surface area contributed by atoms with Gasteiger partial charge < -0.3 is 19.2 Å². The van der Waals surface area contributed by atoms with Crippen molar-refractivity contribution in [1.29, 1.82) is 0 Å². The van der Waals surface area contributed by atoms with Crippen LogP contribution in [0.5, 0.6) is 5.75 Å². The Morgan fingerprint density at radius 2 is 1.93 bits per heavy atom. The molecular weight excluding hydrogens is 380 g/mol. The van der Waals surface area contributed by atoms with Gasteiger partial charge in [-0.15, -0.1) is 0 Å². The molecule has 160 valence electrons. The average Bonchev–Trinajstić information content (AvgIpc) is 3.11. The largest absolute Gasteiger partial charge is 0.478 e. The molecule has 2 aromatic carbocycles. The number of hydrogen-bond acceptors (Lipinski definition) is 5. The van der Waals surface area contributed by atoms with Gasteiger partial charge in [-0.05, 0) is 62.4 Å². The summed E-state index contributed by atoms with van der Waals surface area (Å²) < 4.78 is 11.7. The van der Waals surface area contributed by atoms with E-state index in [1.807, 2.05) is 42.5 Å². The number of carbonyl (C=O) groups is 1. The highest BCUT2D eigenvalue weighted by molar-refractivity contribution is 5.76. The molecule has 0 bridgehead atoms. The lowest BCUT2D eigenvalue weighted by Gasteiger charge is -2.23. The van der Waals surface area contributed by atoms with Crippen LogP contribution in [0.4, 0.5) is 6.01 Å². The fourth-order valence-electron chi connectivity index (χ4n) is 3.08. The van der Waals surface area contributed by atoms with Crippen LogP contribution < -0.4 is 9.64 Å². The lowest BCUT2D eigenvalue weighted by Crippen LogP contribution is -2.37. The molecule has 0 fully saturated rings. The molecule has 30 heavy (non-hydrogen) atoms. The van der Waals surface area contributed by atoms with Crippen molar-refractivity contribution in [3.8, 4) is 5.75 Å². The van der Waals surface area contributed by atoms with Gasteiger partial charge in [0.2, 0.25) is 0 Å². The number of ether oxygens (including phenoxy) is 1.